The molecule has 1 rings (SSSR count). The predicted molar refractivity (Wildman–Crippen MR) is 78.0 cm³/mol. The summed E-state index contributed by atoms with van der Waals surface area (Å²) in [5, 5.41) is 3.38. The zero-order chi connectivity index (χ0) is 12.5. The highest BCUT2D eigenvalue weighted by molar-refractivity contribution is 9.10. The molecule has 0 aromatic heterocycles. The van der Waals surface area contributed by atoms with Crippen LogP contribution in [0.25, 0.3) is 0 Å². The van der Waals surface area contributed by atoms with Crippen molar-refractivity contribution in [2.24, 2.45) is 0 Å². The zero-order valence-corrected chi connectivity index (χ0v) is 12.5. The van der Waals surface area contributed by atoms with E-state index >= 15 is 0 Å². The van der Waals surface area contributed by atoms with Gasteiger partial charge in [-0.15, -0.1) is 0 Å². The van der Waals surface area contributed by atoms with Gasteiger partial charge in [0, 0.05) is 6.54 Å². The monoisotopic (exact) mass is 319 g/mol. The highest BCUT2D eigenvalue weighted by Gasteiger charge is 1.99. The lowest BCUT2D eigenvalue weighted by Gasteiger charge is -2.05. The van der Waals surface area contributed by atoms with Crippen molar-refractivity contribution in [1.82, 2.24) is 5.32 Å². The fraction of sp³-hybridized carbons (Fsp3) is 0.538. The van der Waals surface area contributed by atoms with Crippen LogP contribution in [0.1, 0.15) is 24.8 Å². The molecule has 0 aliphatic rings. The van der Waals surface area contributed by atoms with E-state index in [4.69, 9.17) is 0 Å². The fourth-order valence-electron chi connectivity index (χ4n) is 1.56. The lowest BCUT2D eigenvalue weighted by molar-refractivity contribution is 0.609. The summed E-state index contributed by atoms with van der Waals surface area (Å²) < 4.78 is 13.5. The SMILES string of the molecule is CSCCCCCNCc1ccc(F)c(Br)c1. The van der Waals surface area contributed by atoms with E-state index < -0.39 is 0 Å². The molecule has 0 bridgehead atoms. The van der Waals surface area contributed by atoms with Gasteiger partial charge in [-0.2, -0.15) is 11.8 Å². The van der Waals surface area contributed by atoms with Gasteiger partial charge in [0.15, 0.2) is 0 Å². The maximum Gasteiger partial charge on any atom is 0.137 e. The Morgan fingerprint density at radius 1 is 1.29 bits per heavy atom. The normalized spacial score (nSPS) is 10.8. The van der Waals surface area contributed by atoms with Crippen molar-refractivity contribution in [2.45, 2.75) is 25.8 Å². The highest BCUT2D eigenvalue weighted by Crippen LogP contribution is 2.16. The lowest BCUT2D eigenvalue weighted by atomic mass is 10.2. The third kappa shape index (κ3) is 6.43. The first-order chi connectivity index (χ1) is 8.24. The number of unbranched alkanes of at least 4 members (excludes halogenated alkanes) is 2. The number of rotatable bonds is 8. The number of thioether (sulfide) groups is 1. The maximum absolute atomic E-state index is 13.0. The Bertz CT molecular complexity index is 333. The van der Waals surface area contributed by atoms with Gasteiger partial charge in [0.1, 0.15) is 5.82 Å². The molecule has 0 fully saturated rings. The predicted octanol–water partition coefficient (Wildman–Crippen LogP) is 4.21. The van der Waals surface area contributed by atoms with Gasteiger partial charge in [0.25, 0.3) is 0 Å². The molecular formula is C13H19BrFNS. The van der Waals surface area contributed by atoms with E-state index in [2.05, 4.69) is 27.5 Å². The Morgan fingerprint density at radius 2 is 2.12 bits per heavy atom. The quantitative estimate of drug-likeness (QED) is 0.720. The molecule has 1 N–H and O–H groups in total. The molecule has 0 saturated carbocycles. The Morgan fingerprint density at radius 3 is 2.82 bits per heavy atom. The van der Waals surface area contributed by atoms with Gasteiger partial charge in [-0.1, -0.05) is 12.5 Å². The average Bonchev–Trinajstić information content (AvgIpc) is 2.32. The zero-order valence-electron chi connectivity index (χ0n) is 10.1. The van der Waals surface area contributed by atoms with Crippen LogP contribution in [0.15, 0.2) is 22.7 Å². The summed E-state index contributed by atoms with van der Waals surface area (Å²) in [6.07, 6.45) is 5.93. The maximum atomic E-state index is 13.0. The summed E-state index contributed by atoms with van der Waals surface area (Å²) in [4.78, 5) is 0. The highest BCUT2D eigenvalue weighted by atomic mass is 79.9. The number of nitrogens with one attached hydrogen (secondary N) is 1. The van der Waals surface area contributed by atoms with Crippen LogP contribution in [0.2, 0.25) is 0 Å². The molecule has 1 aromatic carbocycles. The second-order valence-electron chi connectivity index (χ2n) is 3.98. The second kappa shape index (κ2) is 8.95. The Hall–Kier alpha value is -0.0600. The van der Waals surface area contributed by atoms with E-state index in [1.54, 1.807) is 0 Å². The van der Waals surface area contributed by atoms with Crippen LogP contribution < -0.4 is 5.32 Å². The van der Waals surface area contributed by atoms with Crippen molar-refractivity contribution in [2.75, 3.05) is 18.6 Å². The fourth-order valence-corrected chi connectivity index (χ4v) is 2.47. The molecule has 0 atom stereocenters. The Kier molecular flexibility index (Phi) is 7.90. The topological polar surface area (TPSA) is 12.0 Å². The number of hydrogen-bond donors (Lipinski definition) is 1. The van der Waals surface area contributed by atoms with Crippen LogP contribution in [-0.2, 0) is 6.54 Å². The molecule has 0 aliphatic carbocycles. The minimum atomic E-state index is -0.203. The molecule has 0 aliphatic heterocycles. The van der Waals surface area contributed by atoms with Gasteiger partial charge < -0.3 is 5.32 Å². The molecule has 17 heavy (non-hydrogen) atoms. The Labute approximate surface area is 116 Å². The van der Waals surface area contributed by atoms with Crippen molar-refractivity contribution in [3.63, 3.8) is 0 Å². The lowest BCUT2D eigenvalue weighted by Crippen LogP contribution is -2.14. The first-order valence-electron chi connectivity index (χ1n) is 5.87. The van der Waals surface area contributed by atoms with Crippen molar-refractivity contribution in [3.05, 3.63) is 34.1 Å². The molecule has 0 spiro atoms. The summed E-state index contributed by atoms with van der Waals surface area (Å²) in [6, 6.07) is 5.15. The van der Waals surface area contributed by atoms with Gasteiger partial charge in [-0.3, -0.25) is 0 Å². The molecule has 0 saturated heterocycles. The van der Waals surface area contributed by atoms with Crippen LogP contribution in [0.3, 0.4) is 0 Å². The number of benzene rings is 1. The van der Waals surface area contributed by atoms with E-state index in [9.17, 15) is 4.39 Å². The molecule has 1 aromatic rings. The minimum absolute atomic E-state index is 0.203. The van der Waals surface area contributed by atoms with Crippen LogP contribution >= 0.6 is 27.7 Å². The third-order valence-corrected chi connectivity index (χ3v) is 3.82. The summed E-state index contributed by atoms with van der Waals surface area (Å²) in [5.41, 5.74) is 1.11. The van der Waals surface area contributed by atoms with E-state index in [1.807, 2.05) is 23.9 Å². The average molecular weight is 320 g/mol. The van der Waals surface area contributed by atoms with Crippen molar-refractivity contribution < 1.29 is 4.39 Å². The molecule has 0 unspecified atom stereocenters. The van der Waals surface area contributed by atoms with Crippen LogP contribution in [-0.4, -0.2) is 18.6 Å². The van der Waals surface area contributed by atoms with Crippen molar-refractivity contribution in [3.8, 4) is 0 Å². The standard InChI is InChI=1S/C13H19BrFNS/c1-17-8-4-2-3-7-16-10-11-5-6-13(15)12(14)9-11/h5-6,9,16H,2-4,7-8,10H2,1H3. The summed E-state index contributed by atoms with van der Waals surface area (Å²) in [5.74, 6) is 1.05. The Balaban J connectivity index is 2.11. The van der Waals surface area contributed by atoms with E-state index in [1.165, 1.54) is 31.1 Å². The minimum Gasteiger partial charge on any atom is -0.313 e. The van der Waals surface area contributed by atoms with Gasteiger partial charge in [-0.05, 0) is 65.0 Å². The molecule has 0 radical (unpaired) electrons. The second-order valence-corrected chi connectivity index (χ2v) is 5.82. The first-order valence-corrected chi connectivity index (χ1v) is 8.06. The van der Waals surface area contributed by atoms with E-state index in [-0.39, 0.29) is 5.82 Å². The van der Waals surface area contributed by atoms with Crippen molar-refractivity contribution >= 4 is 27.7 Å². The number of halogens is 2. The smallest absolute Gasteiger partial charge is 0.137 e. The van der Waals surface area contributed by atoms with Crippen molar-refractivity contribution in [1.29, 1.82) is 0 Å². The molecule has 0 amide bonds. The molecule has 0 heterocycles. The molecular weight excluding hydrogens is 301 g/mol. The van der Waals surface area contributed by atoms with Gasteiger partial charge >= 0.3 is 0 Å². The molecule has 4 heteroatoms. The summed E-state index contributed by atoms with van der Waals surface area (Å²) in [7, 11) is 0. The van der Waals surface area contributed by atoms with Crippen LogP contribution in [0.5, 0.6) is 0 Å². The van der Waals surface area contributed by atoms with Crippen LogP contribution in [0, 0.1) is 5.82 Å². The number of hydrogen-bond acceptors (Lipinski definition) is 2. The third-order valence-electron chi connectivity index (χ3n) is 2.52. The largest absolute Gasteiger partial charge is 0.313 e. The summed E-state index contributed by atoms with van der Waals surface area (Å²) >= 11 is 5.10. The molecule has 1 nitrogen and oxygen atoms in total. The molecule has 96 valence electrons. The van der Waals surface area contributed by atoms with Crippen LogP contribution in [0.4, 0.5) is 4.39 Å². The van der Waals surface area contributed by atoms with Gasteiger partial charge in [0.2, 0.25) is 0 Å². The van der Waals surface area contributed by atoms with E-state index in [0.717, 1.165) is 18.7 Å². The summed E-state index contributed by atoms with van der Waals surface area (Å²) in [6.45, 7) is 1.84. The van der Waals surface area contributed by atoms with Gasteiger partial charge in [-0.25, -0.2) is 4.39 Å². The first kappa shape index (κ1) is 15.0. The van der Waals surface area contributed by atoms with Gasteiger partial charge in [0.05, 0.1) is 4.47 Å². The van der Waals surface area contributed by atoms with E-state index in [0.29, 0.717) is 4.47 Å².